The van der Waals surface area contributed by atoms with E-state index in [0.29, 0.717) is 12.4 Å². The van der Waals surface area contributed by atoms with Crippen LogP contribution in [0.3, 0.4) is 0 Å². The minimum Gasteiger partial charge on any atom is -0.493 e. The second kappa shape index (κ2) is 9.25. The Hall–Kier alpha value is -3.62. The van der Waals surface area contributed by atoms with E-state index in [-0.39, 0.29) is 17.1 Å². The van der Waals surface area contributed by atoms with Crippen molar-refractivity contribution in [1.29, 1.82) is 0 Å². The van der Waals surface area contributed by atoms with E-state index in [2.05, 4.69) is 15.2 Å². The highest BCUT2D eigenvalue weighted by Crippen LogP contribution is 2.29. The average molecular weight is 416 g/mol. The zero-order valence-electron chi connectivity index (χ0n) is 16.8. The summed E-state index contributed by atoms with van der Waals surface area (Å²) in [7, 11) is 5.25. The van der Waals surface area contributed by atoms with Crippen LogP contribution < -0.4 is 19.7 Å². The van der Waals surface area contributed by atoms with E-state index in [1.807, 2.05) is 43.3 Å². The summed E-state index contributed by atoms with van der Waals surface area (Å²) in [6, 6.07) is 13.7. The Morgan fingerprint density at radius 1 is 1.13 bits per heavy atom. The molecule has 0 aliphatic heterocycles. The SMILES string of the molecule is COc1cc(C(=O)Nc2ccnn2Cc2ccc(N(C)C)cc2)ccc1OC(F)F. The van der Waals surface area contributed by atoms with Crippen LogP contribution in [-0.2, 0) is 6.54 Å². The number of benzene rings is 2. The van der Waals surface area contributed by atoms with Gasteiger partial charge in [0.05, 0.1) is 19.9 Å². The summed E-state index contributed by atoms with van der Waals surface area (Å²) in [6.45, 7) is -2.51. The first-order valence-electron chi connectivity index (χ1n) is 9.09. The lowest BCUT2D eigenvalue weighted by atomic mass is 10.2. The van der Waals surface area contributed by atoms with Crippen molar-refractivity contribution in [3.63, 3.8) is 0 Å². The zero-order valence-corrected chi connectivity index (χ0v) is 16.8. The van der Waals surface area contributed by atoms with Crippen molar-refractivity contribution in [3.8, 4) is 11.5 Å². The van der Waals surface area contributed by atoms with Gasteiger partial charge in [-0.3, -0.25) is 4.79 Å². The Morgan fingerprint density at radius 2 is 1.87 bits per heavy atom. The van der Waals surface area contributed by atoms with Crippen LogP contribution in [0.4, 0.5) is 20.3 Å². The summed E-state index contributed by atoms with van der Waals surface area (Å²) >= 11 is 0. The second-order valence-corrected chi connectivity index (χ2v) is 6.63. The van der Waals surface area contributed by atoms with Gasteiger partial charge in [0, 0.05) is 31.4 Å². The monoisotopic (exact) mass is 416 g/mol. The maximum atomic E-state index is 12.6. The number of nitrogens with one attached hydrogen (secondary N) is 1. The van der Waals surface area contributed by atoms with Crippen LogP contribution in [0.15, 0.2) is 54.7 Å². The number of rotatable bonds is 8. The summed E-state index contributed by atoms with van der Waals surface area (Å²) in [5, 5.41) is 7.04. The van der Waals surface area contributed by atoms with Gasteiger partial charge in [-0.25, -0.2) is 4.68 Å². The molecule has 7 nitrogen and oxygen atoms in total. The van der Waals surface area contributed by atoms with Crippen LogP contribution in [0, 0.1) is 0 Å². The average Bonchev–Trinajstić information content (AvgIpc) is 3.14. The van der Waals surface area contributed by atoms with Gasteiger partial charge in [-0.1, -0.05) is 12.1 Å². The van der Waals surface area contributed by atoms with Gasteiger partial charge < -0.3 is 19.7 Å². The number of methoxy groups -OCH3 is 1. The van der Waals surface area contributed by atoms with E-state index in [9.17, 15) is 13.6 Å². The molecule has 1 aromatic heterocycles. The molecule has 30 heavy (non-hydrogen) atoms. The lowest BCUT2D eigenvalue weighted by Crippen LogP contribution is -2.16. The van der Waals surface area contributed by atoms with Crippen molar-refractivity contribution >= 4 is 17.4 Å². The first kappa shape index (κ1) is 21.1. The number of ether oxygens (including phenoxy) is 2. The smallest absolute Gasteiger partial charge is 0.387 e. The Balaban J connectivity index is 1.73. The van der Waals surface area contributed by atoms with Crippen molar-refractivity contribution in [2.45, 2.75) is 13.2 Å². The molecule has 0 unspecified atom stereocenters. The number of halogens is 2. The van der Waals surface area contributed by atoms with E-state index in [4.69, 9.17) is 4.74 Å². The molecule has 0 radical (unpaired) electrons. The van der Waals surface area contributed by atoms with E-state index >= 15 is 0 Å². The van der Waals surface area contributed by atoms with Gasteiger partial charge in [-0.15, -0.1) is 0 Å². The van der Waals surface area contributed by atoms with E-state index < -0.39 is 12.5 Å². The molecule has 1 heterocycles. The third-order valence-electron chi connectivity index (χ3n) is 4.39. The van der Waals surface area contributed by atoms with Gasteiger partial charge in [0.1, 0.15) is 5.82 Å². The highest BCUT2D eigenvalue weighted by atomic mass is 19.3. The largest absolute Gasteiger partial charge is 0.493 e. The van der Waals surface area contributed by atoms with Crippen LogP contribution >= 0.6 is 0 Å². The first-order chi connectivity index (χ1) is 14.4. The molecule has 3 rings (SSSR count). The molecule has 0 aliphatic carbocycles. The number of amides is 1. The molecule has 9 heteroatoms. The number of alkyl halides is 2. The maximum absolute atomic E-state index is 12.6. The zero-order chi connectivity index (χ0) is 21.7. The van der Waals surface area contributed by atoms with Crippen LogP contribution in [-0.4, -0.2) is 43.5 Å². The van der Waals surface area contributed by atoms with Gasteiger partial charge in [0.15, 0.2) is 11.5 Å². The van der Waals surface area contributed by atoms with Crippen molar-refractivity contribution in [3.05, 3.63) is 65.9 Å². The minimum absolute atomic E-state index is 0.0393. The van der Waals surface area contributed by atoms with E-state index in [1.54, 1.807) is 16.9 Å². The highest BCUT2D eigenvalue weighted by Gasteiger charge is 2.15. The molecule has 0 saturated heterocycles. The molecule has 0 aliphatic rings. The molecule has 0 atom stereocenters. The third-order valence-corrected chi connectivity index (χ3v) is 4.39. The molecule has 1 N–H and O–H groups in total. The van der Waals surface area contributed by atoms with E-state index in [1.165, 1.54) is 25.3 Å². The topological polar surface area (TPSA) is 68.6 Å². The standard InChI is InChI=1S/C21H22F2N4O3/c1-26(2)16-7-4-14(5-8-16)13-27-19(10-11-24-27)25-20(28)15-6-9-17(30-21(22)23)18(12-15)29-3/h4-12,21H,13H2,1-3H3,(H,25,28). The Labute approximate surface area is 172 Å². The third kappa shape index (κ3) is 5.05. The predicted octanol–water partition coefficient (Wildman–Crippen LogP) is 3.86. The second-order valence-electron chi connectivity index (χ2n) is 6.63. The molecule has 0 spiro atoms. The van der Waals surface area contributed by atoms with Gasteiger partial charge in [-0.05, 0) is 35.9 Å². The molecule has 3 aromatic rings. The highest BCUT2D eigenvalue weighted by molar-refractivity contribution is 6.04. The molecular weight excluding hydrogens is 394 g/mol. The number of carbonyl (C=O) groups is 1. The molecule has 0 fully saturated rings. The molecule has 2 aromatic carbocycles. The summed E-state index contributed by atoms with van der Waals surface area (Å²) in [5.74, 6) is -0.0298. The van der Waals surface area contributed by atoms with Crippen molar-refractivity contribution in [2.75, 3.05) is 31.4 Å². The maximum Gasteiger partial charge on any atom is 0.387 e. The summed E-state index contributed by atoms with van der Waals surface area (Å²) in [6.07, 6.45) is 1.59. The Morgan fingerprint density at radius 3 is 2.50 bits per heavy atom. The van der Waals surface area contributed by atoms with Gasteiger partial charge >= 0.3 is 6.61 Å². The number of carbonyl (C=O) groups excluding carboxylic acids is 1. The first-order valence-corrected chi connectivity index (χ1v) is 9.09. The Kier molecular flexibility index (Phi) is 6.51. The van der Waals surface area contributed by atoms with Gasteiger partial charge in [0.2, 0.25) is 0 Å². The van der Waals surface area contributed by atoms with Crippen LogP contribution in [0.5, 0.6) is 11.5 Å². The number of nitrogens with zero attached hydrogens (tertiary/aromatic N) is 3. The predicted molar refractivity (Wildman–Crippen MR) is 110 cm³/mol. The summed E-state index contributed by atoms with van der Waals surface area (Å²) in [4.78, 5) is 14.6. The normalized spacial score (nSPS) is 10.7. The van der Waals surface area contributed by atoms with Crippen LogP contribution in [0.1, 0.15) is 15.9 Å². The number of hydrogen-bond acceptors (Lipinski definition) is 5. The fourth-order valence-corrected chi connectivity index (χ4v) is 2.83. The fraction of sp³-hybridized carbons (Fsp3) is 0.238. The minimum atomic E-state index is -2.99. The number of hydrogen-bond donors (Lipinski definition) is 1. The molecule has 0 bridgehead atoms. The number of anilines is 2. The lowest BCUT2D eigenvalue weighted by Gasteiger charge is -2.14. The fourth-order valence-electron chi connectivity index (χ4n) is 2.83. The van der Waals surface area contributed by atoms with Crippen molar-refractivity contribution < 1.29 is 23.0 Å². The number of aromatic nitrogens is 2. The molecular formula is C21H22F2N4O3. The lowest BCUT2D eigenvalue weighted by molar-refractivity contribution is -0.0512. The van der Waals surface area contributed by atoms with Crippen LogP contribution in [0.25, 0.3) is 0 Å². The molecule has 1 amide bonds. The van der Waals surface area contributed by atoms with Gasteiger partial charge in [0.25, 0.3) is 5.91 Å². The summed E-state index contributed by atoms with van der Waals surface area (Å²) in [5.41, 5.74) is 2.34. The van der Waals surface area contributed by atoms with Crippen LogP contribution in [0.2, 0.25) is 0 Å². The Bertz CT molecular complexity index is 1000. The summed E-state index contributed by atoms with van der Waals surface area (Å²) < 4.78 is 36.0. The molecule has 158 valence electrons. The van der Waals surface area contributed by atoms with Crippen molar-refractivity contribution in [2.24, 2.45) is 0 Å². The quantitative estimate of drug-likeness (QED) is 0.604. The van der Waals surface area contributed by atoms with E-state index in [0.717, 1.165) is 11.3 Å². The van der Waals surface area contributed by atoms with Crippen molar-refractivity contribution in [1.82, 2.24) is 9.78 Å². The molecule has 0 saturated carbocycles. The van der Waals surface area contributed by atoms with Gasteiger partial charge in [-0.2, -0.15) is 13.9 Å².